The molecule has 0 spiro atoms. The van der Waals surface area contributed by atoms with Crippen LogP contribution in [0, 0.1) is 0 Å². The van der Waals surface area contributed by atoms with Gasteiger partial charge in [0.25, 0.3) is 0 Å². The molecule has 0 saturated heterocycles. The Morgan fingerprint density at radius 3 is 2.33 bits per heavy atom. The molecule has 1 aliphatic rings. The summed E-state index contributed by atoms with van der Waals surface area (Å²) in [4.78, 5) is 12.7. The van der Waals surface area contributed by atoms with Gasteiger partial charge in [0.05, 0.1) is 33.1 Å². The highest BCUT2D eigenvalue weighted by Gasteiger charge is 2.25. The van der Waals surface area contributed by atoms with Gasteiger partial charge >= 0.3 is 0 Å². The van der Waals surface area contributed by atoms with E-state index in [2.05, 4.69) is 5.10 Å². The molecule has 0 radical (unpaired) electrons. The molecule has 3 rings (SSSR count). The van der Waals surface area contributed by atoms with Crippen molar-refractivity contribution in [3.63, 3.8) is 0 Å². The normalized spacial score (nSPS) is 15.3. The molecular weight excluding hydrogens is 308 g/mol. The largest absolute Gasteiger partial charge is 0.493 e. The lowest BCUT2D eigenvalue weighted by Crippen LogP contribution is -2.15. The van der Waals surface area contributed by atoms with E-state index in [0.29, 0.717) is 29.2 Å². The van der Waals surface area contributed by atoms with Gasteiger partial charge < -0.3 is 14.2 Å². The second-order valence-electron chi connectivity index (χ2n) is 5.59. The van der Waals surface area contributed by atoms with E-state index in [9.17, 15) is 4.79 Å². The fraction of sp³-hybridized carbons (Fsp3) is 0.333. The Labute approximate surface area is 140 Å². The van der Waals surface area contributed by atoms with Crippen LogP contribution in [-0.2, 0) is 13.5 Å². The number of benzene rings is 1. The number of carbonyl (C=O) groups is 1. The molecule has 24 heavy (non-hydrogen) atoms. The van der Waals surface area contributed by atoms with E-state index in [0.717, 1.165) is 23.3 Å². The number of hydrogen-bond acceptors (Lipinski definition) is 5. The summed E-state index contributed by atoms with van der Waals surface area (Å²) in [5.74, 6) is 1.69. The monoisotopic (exact) mass is 328 g/mol. The van der Waals surface area contributed by atoms with Crippen molar-refractivity contribution in [2.45, 2.75) is 12.8 Å². The van der Waals surface area contributed by atoms with Gasteiger partial charge in [-0.2, -0.15) is 5.10 Å². The zero-order chi connectivity index (χ0) is 17.3. The van der Waals surface area contributed by atoms with E-state index >= 15 is 0 Å². The summed E-state index contributed by atoms with van der Waals surface area (Å²) in [5.41, 5.74) is 3.26. The minimum Gasteiger partial charge on any atom is -0.493 e. The first-order chi connectivity index (χ1) is 11.6. The van der Waals surface area contributed by atoms with Crippen molar-refractivity contribution in [3.8, 4) is 17.2 Å². The number of ether oxygens (including phenoxy) is 3. The van der Waals surface area contributed by atoms with E-state index in [4.69, 9.17) is 14.2 Å². The number of fused-ring (bicyclic) bond motifs is 1. The first kappa shape index (κ1) is 16.1. The maximum atomic E-state index is 12.7. The van der Waals surface area contributed by atoms with Crippen LogP contribution in [-0.4, -0.2) is 36.9 Å². The molecule has 0 saturated carbocycles. The van der Waals surface area contributed by atoms with Crippen LogP contribution in [0.25, 0.3) is 6.08 Å². The first-order valence-corrected chi connectivity index (χ1v) is 7.65. The van der Waals surface area contributed by atoms with Gasteiger partial charge in [-0.3, -0.25) is 9.48 Å². The quantitative estimate of drug-likeness (QED) is 0.808. The van der Waals surface area contributed by atoms with Crippen LogP contribution in [0.4, 0.5) is 0 Å². The lowest BCUT2D eigenvalue weighted by molar-refractivity contribution is 0.102. The fourth-order valence-electron chi connectivity index (χ4n) is 3.01. The van der Waals surface area contributed by atoms with Crippen LogP contribution in [0.5, 0.6) is 17.2 Å². The summed E-state index contributed by atoms with van der Waals surface area (Å²) in [5, 5.41) is 4.18. The molecule has 6 nitrogen and oxygen atoms in total. The Morgan fingerprint density at radius 2 is 1.75 bits per heavy atom. The van der Waals surface area contributed by atoms with Gasteiger partial charge in [0.2, 0.25) is 5.75 Å². The molecule has 0 atom stereocenters. The Bertz CT molecular complexity index is 795. The van der Waals surface area contributed by atoms with E-state index in [-0.39, 0.29) is 5.78 Å². The minimum absolute atomic E-state index is 0.0260. The third-order valence-corrected chi connectivity index (χ3v) is 4.26. The highest BCUT2D eigenvalue weighted by molar-refractivity contribution is 6.12. The number of carbonyl (C=O) groups excluding carboxylic acids is 1. The Kier molecular flexibility index (Phi) is 4.29. The van der Waals surface area contributed by atoms with Gasteiger partial charge in [0, 0.05) is 18.3 Å². The molecule has 0 unspecified atom stereocenters. The SMILES string of the molecule is COc1cc(/C=C2\CCc3c(cnn3C)C2=O)cc(OC)c1OC. The van der Waals surface area contributed by atoms with Crippen molar-refractivity contribution in [3.05, 3.63) is 40.7 Å². The maximum absolute atomic E-state index is 12.7. The number of aromatic nitrogens is 2. The number of nitrogens with zero attached hydrogens (tertiary/aromatic N) is 2. The van der Waals surface area contributed by atoms with Crippen molar-refractivity contribution in [2.24, 2.45) is 7.05 Å². The second kappa shape index (κ2) is 6.39. The van der Waals surface area contributed by atoms with Crippen LogP contribution in [0.2, 0.25) is 0 Å². The molecule has 1 aliphatic carbocycles. The zero-order valence-corrected chi connectivity index (χ0v) is 14.3. The number of aryl methyl sites for hydroxylation is 1. The summed E-state index contributed by atoms with van der Waals surface area (Å²) in [6.45, 7) is 0. The number of rotatable bonds is 4. The second-order valence-corrected chi connectivity index (χ2v) is 5.59. The maximum Gasteiger partial charge on any atom is 0.203 e. The Hall–Kier alpha value is -2.76. The molecule has 2 aromatic rings. The average molecular weight is 328 g/mol. The van der Waals surface area contributed by atoms with E-state index in [1.165, 1.54) is 0 Å². The van der Waals surface area contributed by atoms with Gasteiger partial charge in [0.15, 0.2) is 17.3 Å². The minimum atomic E-state index is 0.0260. The molecule has 0 bridgehead atoms. The molecule has 1 heterocycles. The third kappa shape index (κ3) is 2.64. The Balaban J connectivity index is 2.01. The van der Waals surface area contributed by atoms with Crippen LogP contribution in [0.3, 0.4) is 0 Å². The van der Waals surface area contributed by atoms with E-state index in [1.54, 1.807) is 32.2 Å². The summed E-state index contributed by atoms with van der Waals surface area (Å²) >= 11 is 0. The van der Waals surface area contributed by atoms with E-state index in [1.807, 2.05) is 25.3 Å². The summed E-state index contributed by atoms with van der Waals surface area (Å²) in [7, 11) is 6.57. The molecule has 0 N–H and O–H groups in total. The number of methoxy groups -OCH3 is 3. The topological polar surface area (TPSA) is 62.6 Å². The molecule has 0 fully saturated rings. The predicted molar refractivity (Wildman–Crippen MR) is 89.9 cm³/mol. The smallest absolute Gasteiger partial charge is 0.203 e. The van der Waals surface area contributed by atoms with Crippen molar-refractivity contribution in [1.29, 1.82) is 0 Å². The number of ketones is 1. The van der Waals surface area contributed by atoms with Gasteiger partial charge in [-0.1, -0.05) is 0 Å². The van der Waals surface area contributed by atoms with Crippen molar-refractivity contribution >= 4 is 11.9 Å². The highest BCUT2D eigenvalue weighted by Crippen LogP contribution is 2.39. The summed E-state index contributed by atoms with van der Waals surface area (Å²) in [6.07, 6.45) is 5.00. The predicted octanol–water partition coefficient (Wildman–Crippen LogP) is 2.66. The van der Waals surface area contributed by atoms with Crippen LogP contribution in [0.1, 0.15) is 28.0 Å². The van der Waals surface area contributed by atoms with Gasteiger partial charge in [-0.15, -0.1) is 0 Å². The van der Waals surface area contributed by atoms with Gasteiger partial charge in [-0.25, -0.2) is 0 Å². The molecule has 126 valence electrons. The third-order valence-electron chi connectivity index (χ3n) is 4.26. The first-order valence-electron chi connectivity index (χ1n) is 7.65. The number of hydrogen-bond donors (Lipinski definition) is 0. The standard InChI is InChI=1S/C18H20N2O4/c1-20-14-6-5-12(17(21)13(14)10-19-20)7-11-8-15(22-2)18(24-4)16(9-11)23-3/h7-10H,5-6H2,1-4H3/b12-7+. The zero-order valence-electron chi connectivity index (χ0n) is 14.3. The lowest BCUT2D eigenvalue weighted by atomic mass is 9.90. The van der Waals surface area contributed by atoms with Crippen molar-refractivity contribution in [1.82, 2.24) is 9.78 Å². The average Bonchev–Trinajstić information content (AvgIpc) is 2.98. The summed E-state index contributed by atoms with van der Waals surface area (Å²) < 4.78 is 17.8. The van der Waals surface area contributed by atoms with Gasteiger partial charge in [-0.05, 0) is 36.6 Å². The Morgan fingerprint density at radius 1 is 1.08 bits per heavy atom. The van der Waals surface area contributed by atoms with Crippen molar-refractivity contribution in [2.75, 3.05) is 21.3 Å². The van der Waals surface area contributed by atoms with Crippen LogP contribution >= 0.6 is 0 Å². The van der Waals surface area contributed by atoms with Crippen LogP contribution in [0.15, 0.2) is 23.9 Å². The molecule has 6 heteroatoms. The molecular formula is C18H20N2O4. The number of allylic oxidation sites excluding steroid dienone is 1. The molecule has 1 aromatic carbocycles. The molecule has 0 amide bonds. The fourth-order valence-corrected chi connectivity index (χ4v) is 3.01. The molecule has 0 aliphatic heterocycles. The van der Waals surface area contributed by atoms with E-state index < -0.39 is 0 Å². The molecule has 1 aromatic heterocycles. The van der Waals surface area contributed by atoms with Crippen molar-refractivity contribution < 1.29 is 19.0 Å². The lowest BCUT2D eigenvalue weighted by Gasteiger charge is -2.16. The van der Waals surface area contributed by atoms with Crippen LogP contribution < -0.4 is 14.2 Å². The number of Topliss-reactive ketones (excluding diaryl/α,β-unsaturated/α-hetero) is 1. The summed E-state index contributed by atoms with van der Waals surface area (Å²) in [6, 6.07) is 3.67. The highest BCUT2D eigenvalue weighted by atomic mass is 16.5. The van der Waals surface area contributed by atoms with Gasteiger partial charge in [0.1, 0.15) is 0 Å².